The van der Waals surface area contributed by atoms with Crippen LogP contribution in [0, 0.1) is 0 Å². The van der Waals surface area contributed by atoms with Crippen LogP contribution < -0.4 is 11.1 Å². The van der Waals surface area contributed by atoms with E-state index in [4.69, 9.17) is 5.73 Å². The van der Waals surface area contributed by atoms with Crippen molar-refractivity contribution in [1.82, 2.24) is 10.2 Å². The monoisotopic (exact) mass is 247 g/mol. The zero-order valence-electron chi connectivity index (χ0n) is 10.8. The number of nitrogens with one attached hydrogen (secondary N) is 1. The molecule has 0 aliphatic carbocycles. The number of nitrogens with two attached hydrogens (primary N) is 1. The molecule has 0 radical (unpaired) electrons. The molecular weight excluding hydrogens is 226 g/mol. The Balaban J connectivity index is 1.94. The van der Waals surface area contributed by atoms with Crippen molar-refractivity contribution in [3.8, 4) is 0 Å². The molecule has 1 aliphatic heterocycles. The first-order chi connectivity index (χ1) is 8.68. The number of carbonyl (C=O) groups is 1. The summed E-state index contributed by atoms with van der Waals surface area (Å²) in [7, 11) is 0. The quantitative estimate of drug-likeness (QED) is 0.834. The van der Waals surface area contributed by atoms with Crippen LogP contribution in [-0.4, -0.2) is 36.5 Å². The molecule has 0 spiro atoms. The van der Waals surface area contributed by atoms with Gasteiger partial charge in [-0.05, 0) is 12.5 Å². The highest BCUT2D eigenvalue weighted by Gasteiger charge is 2.24. The molecule has 98 valence electrons. The highest BCUT2D eigenvalue weighted by atomic mass is 16.2. The van der Waals surface area contributed by atoms with Crippen LogP contribution in [0.25, 0.3) is 0 Å². The molecular formula is C14H21N3O. The van der Waals surface area contributed by atoms with Gasteiger partial charge in [-0.25, -0.2) is 0 Å². The van der Waals surface area contributed by atoms with Gasteiger partial charge in [-0.2, -0.15) is 0 Å². The van der Waals surface area contributed by atoms with Crippen molar-refractivity contribution in [2.75, 3.05) is 19.6 Å². The van der Waals surface area contributed by atoms with E-state index in [2.05, 4.69) is 12.2 Å². The van der Waals surface area contributed by atoms with E-state index in [0.717, 1.165) is 25.2 Å². The van der Waals surface area contributed by atoms with E-state index >= 15 is 0 Å². The van der Waals surface area contributed by atoms with Gasteiger partial charge in [0.15, 0.2) is 0 Å². The van der Waals surface area contributed by atoms with Crippen LogP contribution in [0.1, 0.15) is 24.9 Å². The molecule has 4 heteroatoms. The average molecular weight is 247 g/mol. The number of hydrogen-bond acceptors (Lipinski definition) is 3. The third kappa shape index (κ3) is 3.09. The molecule has 1 amide bonds. The summed E-state index contributed by atoms with van der Waals surface area (Å²) < 4.78 is 0. The molecule has 1 saturated heterocycles. The zero-order valence-corrected chi connectivity index (χ0v) is 10.8. The molecule has 0 aromatic heterocycles. The maximum atomic E-state index is 12.2. The Morgan fingerprint density at radius 2 is 2.22 bits per heavy atom. The van der Waals surface area contributed by atoms with Gasteiger partial charge in [0.1, 0.15) is 0 Å². The zero-order chi connectivity index (χ0) is 13.0. The van der Waals surface area contributed by atoms with Crippen LogP contribution >= 0.6 is 0 Å². The van der Waals surface area contributed by atoms with Crippen molar-refractivity contribution < 1.29 is 4.79 Å². The van der Waals surface area contributed by atoms with Crippen LogP contribution in [0.15, 0.2) is 30.3 Å². The minimum absolute atomic E-state index is 0.153. The number of benzene rings is 1. The Hall–Kier alpha value is -1.39. The van der Waals surface area contributed by atoms with Gasteiger partial charge in [-0.1, -0.05) is 30.3 Å². The van der Waals surface area contributed by atoms with Crippen LogP contribution in [0.5, 0.6) is 0 Å². The number of piperazine rings is 1. The largest absolute Gasteiger partial charge is 0.337 e. The van der Waals surface area contributed by atoms with Crippen molar-refractivity contribution in [3.63, 3.8) is 0 Å². The third-order valence-electron chi connectivity index (χ3n) is 3.44. The number of rotatable bonds is 3. The summed E-state index contributed by atoms with van der Waals surface area (Å²) >= 11 is 0. The highest BCUT2D eigenvalue weighted by molar-refractivity contribution is 5.77. The Bertz CT molecular complexity index is 393. The molecule has 18 heavy (non-hydrogen) atoms. The number of carbonyl (C=O) groups excluding carboxylic acids is 1. The molecule has 3 N–H and O–H groups in total. The van der Waals surface area contributed by atoms with E-state index in [9.17, 15) is 4.79 Å². The lowest BCUT2D eigenvalue weighted by atomic mass is 10.0. The van der Waals surface area contributed by atoms with Gasteiger partial charge in [-0.15, -0.1) is 0 Å². The summed E-state index contributed by atoms with van der Waals surface area (Å²) in [6.07, 6.45) is 0.383. The van der Waals surface area contributed by atoms with Crippen molar-refractivity contribution in [3.05, 3.63) is 35.9 Å². The third-order valence-corrected chi connectivity index (χ3v) is 3.44. The predicted octanol–water partition coefficient (Wildman–Crippen LogP) is 0.897. The Kier molecular flexibility index (Phi) is 4.33. The SMILES string of the molecule is C[C@@H]1CNCCN1C(=O)C[C@H](N)c1ccccc1. The van der Waals surface area contributed by atoms with E-state index < -0.39 is 0 Å². The molecule has 0 bridgehead atoms. The molecule has 0 saturated carbocycles. The van der Waals surface area contributed by atoms with Gasteiger partial charge in [0.2, 0.25) is 5.91 Å². The van der Waals surface area contributed by atoms with Gasteiger partial charge in [-0.3, -0.25) is 4.79 Å². The van der Waals surface area contributed by atoms with Gasteiger partial charge < -0.3 is 16.0 Å². The minimum Gasteiger partial charge on any atom is -0.337 e. The first kappa shape index (κ1) is 13.1. The predicted molar refractivity (Wildman–Crippen MR) is 72.0 cm³/mol. The van der Waals surface area contributed by atoms with Crippen LogP contribution in [0.2, 0.25) is 0 Å². The van der Waals surface area contributed by atoms with Crippen molar-refractivity contribution in [2.24, 2.45) is 5.73 Å². The van der Waals surface area contributed by atoms with Gasteiger partial charge >= 0.3 is 0 Å². The second-order valence-corrected chi connectivity index (χ2v) is 4.86. The van der Waals surface area contributed by atoms with Crippen LogP contribution in [0.4, 0.5) is 0 Å². The fraction of sp³-hybridized carbons (Fsp3) is 0.500. The molecule has 1 fully saturated rings. The first-order valence-corrected chi connectivity index (χ1v) is 6.49. The molecule has 2 rings (SSSR count). The topological polar surface area (TPSA) is 58.4 Å². The van der Waals surface area contributed by atoms with Gasteiger partial charge in [0.05, 0.1) is 0 Å². The second-order valence-electron chi connectivity index (χ2n) is 4.86. The van der Waals surface area contributed by atoms with E-state index in [0.29, 0.717) is 6.42 Å². The fourth-order valence-electron chi connectivity index (χ4n) is 2.34. The molecule has 4 nitrogen and oxygen atoms in total. The molecule has 1 aromatic rings. The van der Waals surface area contributed by atoms with Crippen molar-refractivity contribution in [2.45, 2.75) is 25.4 Å². The summed E-state index contributed by atoms with van der Waals surface area (Å²) in [5, 5.41) is 3.28. The van der Waals surface area contributed by atoms with E-state index in [1.807, 2.05) is 35.2 Å². The lowest BCUT2D eigenvalue weighted by molar-refractivity contribution is -0.134. The average Bonchev–Trinajstić information content (AvgIpc) is 2.40. The molecule has 1 aliphatic rings. The summed E-state index contributed by atoms with van der Waals surface area (Å²) in [6, 6.07) is 9.85. The lowest BCUT2D eigenvalue weighted by Gasteiger charge is -2.34. The summed E-state index contributed by atoms with van der Waals surface area (Å²) in [4.78, 5) is 14.1. The first-order valence-electron chi connectivity index (χ1n) is 6.49. The number of amides is 1. The molecule has 2 atom stereocenters. The minimum atomic E-state index is -0.208. The summed E-state index contributed by atoms with van der Waals surface area (Å²) in [6.45, 7) is 4.59. The van der Waals surface area contributed by atoms with Crippen molar-refractivity contribution in [1.29, 1.82) is 0 Å². The standard InChI is InChI=1S/C14H21N3O/c1-11-10-16-7-8-17(11)14(18)9-13(15)12-5-3-2-4-6-12/h2-6,11,13,16H,7-10,15H2,1H3/t11-,13+/m1/s1. The Labute approximate surface area is 108 Å². The van der Waals surface area contributed by atoms with E-state index in [1.54, 1.807) is 0 Å². The lowest BCUT2D eigenvalue weighted by Crippen LogP contribution is -2.52. The van der Waals surface area contributed by atoms with Gasteiger partial charge in [0, 0.05) is 38.1 Å². The smallest absolute Gasteiger partial charge is 0.224 e. The fourth-order valence-corrected chi connectivity index (χ4v) is 2.34. The maximum absolute atomic E-state index is 12.2. The van der Waals surface area contributed by atoms with Crippen LogP contribution in [-0.2, 0) is 4.79 Å². The van der Waals surface area contributed by atoms with Crippen LogP contribution in [0.3, 0.4) is 0 Å². The highest BCUT2D eigenvalue weighted by Crippen LogP contribution is 2.16. The summed E-state index contributed by atoms with van der Waals surface area (Å²) in [5.41, 5.74) is 7.11. The summed E-state index contributed by atoms with van der Waals surface area (Å²) in [5.74, 6) is 0.153. The van der Waals surface area contributed by atoms with E-state index in [1.165, 1.54) is 0 Å². The molecule has 1 aromatic carbocycles. The maximum Gasteiger partial charge on any atom is 0.224 e. The Morgan fingerprint density at radius 1 is 1.50 bits per heavy atom. The number of nitrogens with zero attached hydrogens (tertiary/aromatic N) is 1. The second kappa shape index (κ2) is 5.98. The molecule has 0 unspecified atom stereocenters. The Morgan fingerprint density at radius 3 is 2.89 bits per heavy atom. The van der Waals surface area contributed by atoms with E-state index in [-0.39, 0.29) is 18.0 Å². The van der Waals surface area contributed by atoms with Gasteiger partial charge in [0.25, 0.3) is 0 Å². The molecule has 1 heterocycles. The normalized spacial score (nSPS) is 21.7. The van der Waals surface area contributed by atoms with Crippen molar-refractivity contribution >= 4 is 5.91 Å². The number of hydrogen-bond donors (Lipinski definition) is 2.